The molecule has 2 aliphatic rings. The highest BCUT2D eigenvalue weighted by atomic mass is 14.4. The lowest BCUT2D eigenvalue weighted by Crippen LogP contribution is -2.39. The SMILES string of the molecule is CCCC1CCCCCCCCCCC(C2C(C)CC(C)C(C)C2C)CCC1. The molecule has 0 aromatic heterocycles. The molecule has 28 heavy (non-hydrogen) atoms. The Morgan fingerprint density at radius 1 is 0.571 bits per heavy atom. The summed E-state index contributed by atoms with van der Waals surface area (Å²) in [6.45, 7) is 12.7. The van der Waals surface area contributed by atoms with E-state index in [9.17, 15) is 0 Å². The summed E-state index contributed by atoms with van der Waals surface area (Å²) < 4.78 is 0. The first-order valence-corrected chi connectivity index (χ1v) is 13.5. The lowest BCUT2D eigenvalue weighted by atomic mass is 9.59. The molecule has 0 heteroatoms. The van der Waals surface area contributed by atoms with Gasteiger partial charge in [-0.25, -0.2) is 0 Å². The predicted octanol–water partition coefficient (Wildman–Crippen LogP) is 9.67. The Balaban J connectivity index is 2.00. The molecule has 0 aromatic rings. The minimum Gasteiger partial charge on any atom is -0.0654 e. The van der Waals surface area contributed by atoms with E-state index in [1.165, 1.54) is 103 Å². The summed E-state index contributed by atoms with van der Waals surface area (Å²) in [6, 6.07) is 0. The molecule has 7 atom stereocenters. The summed E-state index contributed by atoms with van der Waals surface area (Å²) in [5, 5.41) is 0. The van der Waals surface area contributed by atoms with E-state index in [0.29, 0.717) is 0 Å². The molecule has 0 aromatic carbocycles. The van der Waals surface area contributed by atoms with Gasteiger partial charge in [-0.3, -0.25) is 0 Å². The summed E-state index contributed by atoms with van der Waals surface area (Å²) in [4.78, 5) is 0. The average Bonchev–Trinajstić information content (AvgIpc) is 2.67. The second-order valence-corrected chi connectivity index (χ2v) is 11.2. The van der Waals surface area contributed by atoms with E-state index in [1.807, 2.05) is 0 Å². The van der Waals surface area contributed by atoms with Gasteiger partial charge in [-0.2, -0.15) is 0 Å². The summed E-state index contributed by atoms with van der Waals surface area (Å²) in [5.74, 6) is 6.75. The predicted molar refractivity (Wildman–Crippen MR) is 127 cm³/mol. The molecule has 0 radical (unpaired) electrons. The maximum Gasteiger partial charge on any atom is -0.0332 e. The van der Waals surface area contributed by atoms with Crippen LogP contribution in [0.2, 0.25) is 0 Å². The van der Waals surface area contributed by atoms with Crippen LogP contribution in [-0.4, -0.2) is 0 Å². The molecule has 0 aliphatic heterocycles. The van der Waals surface area contributed by atoms with Gasteiger partial charge in [0.2, 0.25) is 0 Å². The van der Waals surface area contributed by atoms with Crippen molar-refractivity contribution < 1.29 is 0 Å². The monoisotopic (exact) mass is 390 g/mol. The molecule has 0 spiro atoms. The van der Waals surface area contributed by atoms with Crippen LogP contribution in [0.15, 0.2) is 0 Å². The smallest absolute Gasteiger partial charge is 0.0332 e. The summed E-state index contributed by atoms with van der Waals surface area (Å²) >= 11 is 0. The van der Waals surface area contributed by atoms with Gasteiger partial charge >= 0.3 is 0 Å². The number of rotatable bonds is 3. The van der Waals surface area contributed by atoms with Crippen LogP contribution in [-0.2, 0) is 0 Å². The molecule has 0 N–H and O–H groups in total. The molecule has 2 fully saturated rings. The molecule has 2 saturated carbocycles. The van der Waals surface area contributed by atoms with Crippen LogP contribution < -0.4 is 0 Å². The van der Waals surface area contributed by atoms with Crippen LogP contribution in [0.5, 0.6) is 0 Å². The highest BCUT2D eigenvalue weighted by molar-refractivity contribution is 4.89. The highest BCUT2D eigenvalue weighted by Gasteiger charge is 2.39. The van der Waals surface area contributed by atoms with Gasteiger partial charge in [-0.1, -0.05) is 131 Å². The summed E-state index contributed by atoms with van der Waals surface area (Å²) in [6.07, 6.45) is 23.9. The lowest BCUT2D eigenvalue weighted by Gasteiger charge is -2.47. The zero-order chi connectivity index (χ0) is 20.4. The zero-order valence-electron chi connectivity index (χ0n) is 20.4. The molecular formula is C28H54. The van der Waals surface area contributed by atoms with Gasteiger partial charge in [0, 0.05) is 0 Å². The van der Waals surface area contributed by atoms with E-state index in [1.54, 1.807) is 0 Å². The van der Waals surface area contributed by atoms with Crippen molar-refractivity contribution in [2.24, 2.45) is 41.4 Å². The normalized spacial score (nSPS) is 40.4. The fraction of sp³-hybridized carbons (Fsp3) is 1.00. The van der Waals surface area contributed by atoms with Crippen molar-refractivity contribution in [2.75, 3.05) is 0 Å². The third-order valence-electron chi connectivity index (χ3n) is 9.10. The third kappa shape index (κ3) is 7.68. The van der Waals surface area contributed by atoms with Gasteiger partial charge in [0.15, 0.2) is 0 Å². The first-order valence-electron chi connectivity index (χ1n) is 13.5. The van der Waals surface area contributed by atoms with E-state index >= 15 is 0 Å². The highest BCUT2D eigenvalue weighted by Crippen LogP contribution is 2.47. The molecule has 0 amide bonds. The van der Waals surface area contributed by atoms with Gasteiger partial charge in [0.1, 0.15) is 0 Å². The van der Waals surface area contributed by atoms with E-state index < -0.39 is 0 Å². The standard InChI is InChI=1S/C28H54/c1-6-16-26-17-13-11-9-7-8-10-12-14-19-27(20-15-18-26)28-23(3)21-22(2)24(4)25(28)5/h22-28H,6-21H2,1-5H3. The molecular weight excluding hydrogens is 336 g/mol. The Bertz CT molecular complexity index is 385. The maximum absolute atomic E-state index is 2.61. The second-order valence-electron chi connectivity index (χ2n) is 11.2. The van der Waals surface area contributed by atoms with Gasteiger partial charge in [-0.15, -0.1) is 0 Å². The van der Waals surface area contributed by atoms with Gasteiger partial charge in [0.05, 0.1) is 0 Å². The third-order valence-corrected chi connectivity index (χ3v) is 9.10. The first kappa shape index (κ1) is 24.3. The topological polar surface area (TPSA) is 0 Å². The van der Waals surface area contributed by atoms with Crippen LogP contribution in [0.3, 0.4) is 0 Å². The van der Waals surface area contributed by atoms with Crippen LogP contribution in [0.25, 0.3) is 0 Å². The zero-order valence-corrected chi connectivity index (χ0v) is 20.4. The summed E-state index contributed by atoms with van der Waals surface area (Å²) in [5.41, 5.74) is 0. The molecule has 7 unspecified atom stereocenters. The molecule has 0 heterocycles. The Labute approximate surface area is 179 Å². The Hall–Kier alpha value is 0. The average molecular weight is 391 g/mol. The van der Waals surface area contributed by atoms with Crippen LogP contribution >= 0.6 is 0 Å². The Kier molecular flexibility index (Phi) is 11.6. The van der Waals surface area contributed by atoms with Gasteiger partial charge in [-0.05, 0) is 47.8 Å². The molecule has 2 rings (SSSR count). The molecule has 2 aliphatic carbocycles. The minimum atomic E-state index is 0.922. The maximum atomic E-state index is 2.61. The quantitative estimate of drug-likeness (QED) is 0.450. The minimum absolute atomic E-state index is 0.922. The van der Waals surface area contributed by atoms with E-state index in [4.69, 9.17) is 0 Å². The fourth-order valence-corrected chi connectivity index (χ4v) is 7.18. The second kappa shape index (κ2) is 13.3. The Morgan fingerprint density at radius 3 is 1.75 bits per heavy atom. The van der Waals surface area contributed by atoms with Crippen molar-refractivity contribution in [1.82, 2.24) is 0 Å². The van der Waals surface area contributed by atoms with E-state index in [-0.39, 0.29) is 0 Å². The van der Waals surface area contributed by atoms with Gasteiger partial charge in [0.25, 0.3) is 0 Å². The number of hydrogen-bond donors (Lipinski definition) is 0. The van der Waals surface area contributed by atoms with Crippen molar-refractivity contribution >= 4 is 0 Å². The molecule has 0 bridgehead atoms. The largest absolute Gasteiger partial charge is 0.0654 e. The lowest BCUT2D eigenvalue weighted by molar-refractivity contribution is 0.0248. The molecule has 0 saturated heterocycles. The van der Waals surface area contributed by atoms with E-state index in [0.717, 1.165) is 41.4 Å². The summed E-state index contributed by atoms with van der Waals surface area (Å²) in [7, 11) is 0. The van der Waals surface area contributed by atoms with Crippen molar-refractivity contribution in [2.45, 2.75) is 137 Å². The van der Waals surface area contributed by atoms with Crippen molar-refractivity contribution in [1.29, 1.82) is 0 Å². The first-order chi connectivity index (χ1) is 13.5. The van der Waals surface area contributed by atoms with Crippen LogP contribution in [0, 0.1) is 41.4 Å². The van der Waals surface area contributed by atoms with Crippen LogP contribution in [0.1, 0.15) is 137 Å². The molecule has 166 valence electrons. The van der Waals surface area contributed by atoms with Crippen molar-refractivity contribution in [3.63, 3.8) is 0 Å². The van der Waals surface area contributed by atoms with Crippen molar-refractivity contribution in [3.05, 3.63) is 0 Å². The van der Waals surface area contributed by atoms with Gasteiger partial charge < -0.3 is 0 Å². The Morgan fingerprint density at radius 2 is 1.11 bits per heavy atom. The fourth-order valence-electron chi connectivity index (χ4n) is 7.18. The molecule has 0 nitrogen and oxygen atoms in total. The van der Waals surface area contributed by atoms with Crippen molar-refractivity contribution in [3.8, 4) is 0 Å². The van der Waals surface area contributed by atoms with Crippen LogP contribution in [0.4, 0.5) is 0 Å². The number of hydrogen-bond acceptors (Lipinski definition) is 0. The van der Waals surface area contributed by atoms with E-state index in [2.05, 4.69) is 34.6 Å².